The zero-order valence-corrected chi connectivity index (χ0v) is 13.7. The second-order valence-corrected chi connectivity index (χ2v) is 6.40. The highest BCUT2D eigenvalue weighted by atomic mass is 19.1. The van der Waals surface area contributed by atoms with E-state index in [9.17, 15) is 14.0 Å². The van der Waals surface area contributed by atoms with Crippen LogP contribution in [0.2, 0.25) is 0 Å². The van der Waals surface area contributed by atoms with Crippen LogP contribution < -0.4 is 0 Å². The van der Waals surface area contributed by atoms with E-state index in [4.69, 9.17) is 9.47 Å². The van der Waals surface area contributed by atoms with Gasteiger partial charge in [0.2, 0.25) is 11.8 Å². The quantitative estimate of drug-likeness (QED) is 0.787. The van der Waals surface area contributed by atoms with Crippen molar-refractivity contribution in [1.82, 2.24) is 9.80 Å². The lowest BCUT2D eigenvalue weighted by molar-refractivity contribution is -0.160. The third-order valence-electron chi connectivity index (χ3n) is 4.39. The van der Waals surface area contributed by atoms with Crippen LogP contribution in [0.4, 0.5) is 4.39 Å². The van der Waals surface area contributed by atoms with Gasteiger partial charge in [-0.1, -0.05) is 12.1 Å². The zero-order chi connectivity index (χ0) is 17.2. The van der Waals surface area contributed by atoms with Crippen molar-refractivity contribution in [3.05, 3.63) is 35.6 Å². The molecule has 2 fully saturated rings. The lowest BCUT2D eigenvalue weighted by Crippen LogP contribution is -2.59. The molecule has 7 heteroatoms. The highest BCUT2D eigenvalue weighted by Crippen LogP contribution is 2.23. The molecule has 130 valence electrons. The number of amides is 2. The van der Waals surface area contributed by atoms with Crippen LogP contribution in [-0.2, 0) is 25.5 Å². The summed E-state index contributed by atoms with van der Waals surface area (Å²) in [6.07, 6.45) is 0.142. The van der Waals surface area contributed by atoms with Gasteiger partial charge in [-0.2, -0.15) is 0 Å². The number of rotatable bonds is 2. The van der Waals surface area contributed by atoms with Crippen LogP contribution in [-0.4, -0.2) is 73.7 Å². The van der Waals surface area contributed by atoms with E-state index >= 15 is 0 Å². The first-order valence-corrected chi connectivity index (χ1v) is 7.95. The maximum Gasteiger partial charge on any atom is 0.248 e. The average molecular weight is 336 g/mol. The minimum atomic E-state index is -0.698. The molecule has 3 rings (SSSR count). The van der Waals surface area contributed by atoms with E-state index in [1.807, 2.05) is 0 Å². The molecule has 2 amide bonds. The highest BCUT2D eigenvalue weighted by Gasteiger charge is 2.42. The SMILES string of the molecule is CN1CC2(COCC1=O)CN(C(=O)Cc1cccc(F)c1)CCO2. The van der Waals surface area contributed by atoms with Gasteiger partial charge in [0.1, 0.15) is 18.0 Å². The molecule has 2 aliphatic heterocycles. The molecule has 0 N–H and O–H groups in total. The van der Waals surface area contributed by atoms with Gasteiger partial charge in [0.15, 0.2) is 0 Å². The van der Waals surface area contributed by atoms with Crippen molar-refractivity contribution < 1.29 is 23.5 Å². The summed E-state index contributed by atoms with van der Waals surface area (Å²) in [7, 11) is 1.70. The van der Waals surface area contributed by atoms with E-state index in [0.717, 1.165) is 0 Å². The Morgan fingerprint density at radius 1 is 1.38 bits per heavy atom. The monoisotopic (exact) mass is 336 g/mol. The Labute approximate surface area is 140 Å². The molecule has 2 saturated heterocycles. The molecule has 0 radical (unpaired) electrons. The molecule has 0 bridgehead atoms. The number of hydrogen-bond donors (Lipinski definition) is 0. The number of hydrogen-bond acceptors (Lipinski definition) is 4. The topological polar surface area (TPSA) is 59.1 Å². The van der Waals surface area contributed by atoms with Crippen LogP contribution in [0.5, 0.6) is 0 Å². The fraction of sp³-hybridized carbons (Fsp3) is 0.529. The number of ether oxygens (including phenoxy) is 2. The standard InChI is InChI=1S/C17H21FN2O4/c1-19-10-17(12-23-9-16(19)22)11-20(5-6-24-17)15(21)8-13-3-2-4-14(18)7-13/h2-4,7H,5-6,8-12H2,1H3. The summed E-state index contributed by atoms with van der Waals surface area (Å²) in [5, 5.41) is 0. The summed E-state index contributed by atoms with van der Waals surface area (Å²) < 4.78 is 24.6. The first-order valence-electron chi connectivity index (χ1n) is 7.95. The van der Waals surface area contributed by atoms with E-state index in [1.165, 1.54) is 12.1 Å². The van der Waals surface area contributed by atoms with Crippen molar-refractivity contribution >= 4 is 11.8 Å². The molecule has 2 aliphatic rings. The molecule has 2 heterocycles. The van der Waals surface area contributed by atoms with Gasteiger partial charge in [0.05, 0.1) is 32.7 Å². The van der Waals surface area contributed by atoms with Crippen LogP contribution in [0.15, 0.2) is 24.3 Å². The number of morpholine rings is 1. The molecular weight excluding hydrogens is 315 g/mol. The fourth-order valence-electron chi connectivity index (χ4n) is 3.17. The Bertz CT molecular complexity index is 639. The first kappa shape index (κ1) is 16.9. The second-order valence-electron chi connectivity index (χ2n) is 6.40. The summed E-state index contributed by atoms with van der Waals surface area (Å²) >= 11 is 0. The van der Waals surface area contributed by atoms with Crippen LogP contribution in [0.25, 0.3) is 0 Å². The maximum absolute atomic E-state index is 13.3. The van der Waals surface area contributed by atoms with Crippen molar-refractivity contribution in [2.45, 2.75) is 12.0 Å². The molecule has 1 aromatic carbocycles. The van der Waals surface area contributed by atoms with Gasteiger partial charge >= 0.3 is 0 Å². The smallest absolute Gasteiger partial charge is 0.248 e. The van der Waals surface area contributed by atoms with Gasteiger partial charge in [-0.25, -0.2) is 4.39 Å². The predicted molar refractivity (Wildman–Crippen MR) is 83.8 cm³/mol. The number of halogens is 1. The normalized spacial score (nSPS) is 25.0. The number of likely N-dealkylation sites (N-methyl/N-ethyl adjacent to an activating group) is 1. The maximum atomic E-state index is 13.3. The number of carbonyl (C=O) groups excluding carboxylic acids is 2. The Morgan fingerprint density at radius 3 is 3.00 bits per heavy atom. The van der Waals surface area contributed by atoms with Gasteiger partial charge in [0, 0.05) is 13.6 Å². The largest absolute Gasteiger partial charge is 0.368 e. The Balaban J connectivity index is 1.68. The average Bonchev–Trinajstić information content (AvgIpc) is 2.67. The lowest BCUT2D eigenvalue weighted by atomic mass is 10.0. The summed E-state index contributed by atoms with van der Waals surface area (Å²) in [5.74, 6) is -0.531. The molecule has 0 aromatic heterocycles. The number of nitrogens with zero attached hydrogens (tertiary/aromatic N) is 2. The third-order valence-corrected chi connectivity index (χ3v) is 4.39. The van der Waals surface area contributed by atoms with Crippen LogP contribution in [0.3, 0.4) is 0 Å². The van der Waals surface area contributed by atoms with Gasteiger partial charge in [-0.05, 0) is 17.7 Å². The summed E-state index contributed by atoms with van der Waals surface area (Å²) in [5.41, 5.74) is -0.0542. The van der Waals surface area contributed by atoms with Crippen LogP contribution in [0.1, 0.15) is 5.56 Å². The molecule has 1 atom stereocenters. The van der Waals surface area contributed by atoms with Crippen LogP contribution >= 0.6 is 0 Å². The van der Waals surface area contributed by atoms with Crippen molar-refractivity contribution in [1.29, 1.82) is 0 Å². The zero-order valence-electron chi connectivity index (χ0n) is 13.7. The van der Waals surface area contributed by atoms with Gasteiger partial charge in [-0.3, -0.25) is 9.59 Å². The Hall–Kier alpha value is -1.99. The van der Waals surface area contributed by atoms with Gasteiger partial charge in [-0.15, -0.1) is 0 Å². The molecular formula is C17H21FN2O4. The minimum absolute atomic E-state index is 0.0266. The third kappa shape index (κ3) is 3.73. The van der Waals surface area contributed by atoms with Gasteiger partial charge < -0.3 is 19.3 Å². The fourth-order valence-corrected chi connectivity index (χ4v) is 3.17. The van der Waals surface area contributed by atoms with E-state index in [-0.39, 0.29) is 37.3 Å². The predicted octanol–water partition coefficient (Wildman–Crippen LogP) is 0.454. The van der Waals surface area contributed by atoms with E-state index in [2.05, 4.69) is 0 Å². The molecule has 0 saturated carbocycles. The van der Waals surface area contributed by atoms with Crippen molar-refractivity contribution in [2.24, 2.45) is 0 Å². The van der Waals surface area contributed by atoms with Crippen molar-refractivity contribution in [2.75, 3.05) is 46.5 Å². The molecule has 0 aliphatic carbocycles. The molecule has 1 unspecified atom stereocenters. The molecule has 24 heavy (non-hydrogen) atoms. The van der Waals surface area contributed by atoms with Gasteiger partial charge in [0.25, 0.3) is 0 Å². The van der Waals surface area contributed by atoms with E-state index in [1.54, 1.807) is 29.0 Å². The number of carbonyl (C=O) groups is 2. The Morgan fingerprint density at radius 2 is 2.21 bits per heavy atom. The van der Waals surface area contributed by atoms with Crippen LogP contribution in [0, 0.1) is 5.82 Å². The van der Waals surface area contributed by atoms with E-state index < -0.39 is 5.60 Å². The Kier molecular flexibility index (Phi) is 4.82. The molecule has 6 nitrogen and oxygen atoms in total. The summed E-state index contributed by atoms with van der Waals surface area (Å²) in [6, 6.07) is 6.06. The first-order chi connectivity index (χ1) is 11.5. The molecule has 1 spiro atoms. The second kappa shape index (κ2) is 6.86. The lowest BCUT2D eigenvalue weighted by Gasteiger charge is -2.42. The van der Waals surface area contributed by atoms with Crippen molar-refractivity contribution in [3.8, 4) is 0 Å². The number of benzene rings is 1. The van der Waals surface area contributed by atoms with E-state index in [0.29, 0.717) is 31.8 Å². The highest BCUT2D eigenvalue weighted by molar-refractivity contribution is 5.79. The van der Waals surface area contributed by atoms with Crippen molar-refractivity contribution in [3.63, 3.8) is 0 Å². The molecule has 1 aromatic rings. The summed E-state index contributed by atoms with van der Waals surface area (Å²) in [6.45, 7) is 1.91. The summed E-state index contributed by atoms with van der Waals surface area (Å²) in [4.78, 5) is 27.6. The minimum Gasteiger partial charge on any atom is -0.368 e.